The number of benzene rings is 1. The van der Waals surface area contributed by atoms with Gasteiger partial charge in [-0.05, 0) is 24.3 Å². The summed E-state index contributed by atoms with van der Waals surface area (Å²) in [5.41, 5.74) is 1.76. The van der Waals surface area contributed by atoms with Crippen molar-refractivity contribution in [3.63, 3.8) is 0 Å². The van der Waals surface area contributed by atoms with Gasteiger partial charge in [0.25, 0.3) is 0 Å². The van der Waals surface area contributed by atoms with Crippen LogP contribution in [-0.4, -0.2) is 8.42 Å². The smallest absolute Gasteiger partial charge is 0.211 e. The van der Waals surface area contributed by atoms with Crippen LogP contribution in [0, 0.1) is 6.92 Å². The molecule has 13 heavy (non-hydrogen) atoms. The maximum atomic E-state index is 11.0. The number of hydrogen-bond acceptors (Lipinski definition) is 2. The second kappa shape index (κ2) is 4.09. The molecule has 0 fully saturated rings. The van der Waals surface area contributed by atoms with Gasteiger partial charge in [-0.2, -0.15) is 0 Å². The molecule has 0 spiro atoms. The summed E-state index contributed by atoms with van der Waals surface area (Å²) in [6.07, 6.45) is 0. The van der Waals surface area contributed by atoms with E-state index in [9.17, 15) is 8.42 Å². The first-order valence-corrected chi connectivity index (χ1v) is 5.72. The van der Waals surface area contributed by atoms with E-state index in [2.05, 4.69) is 0 Å². The molecule has 0 aliphatic carbocycles. The zero-order valence-electron chi connectivity index (χ0n) is 7.12. The zero-order chi connectivity index (χ0) is 9.90. The minimum absolute atomic E-state index is 0.0851. The maximum absolute atomic E-state index is 11.0. The van der Waals surface area contributed by atoms with E-state index in [4.69, 9.17) is 11.8 Å². The molecule has 0 unspecified atom stereocenters. The van der Waals surface area contributed by atoms with Crippen molar-refractivity contribution in [3.8, 4) is 0 Å². The van der Waals surface area contributed by atoms with Crippen molar-refractivity contribution in [2.24, 2.45) is 0 Å². The Bertz CT molecular complexity index is 389. The van der Waals surface area contributed by atoms with E-state index < -0.39 is 10.0 Å². The Hall–Kier alpha value is -0.580. The summed E-state index contributed by atoms with van der Waals surface area (Å²) in [7, 11) is -3.37. The Balaban J connectivity index is 2.87. The molecule has 0 aliphatic rings. The first-order valence-electron chi connectivity index (χ1n) is 3.69. The molecule has 3 nitrogen and oxygen atoms in total. The lowest BCUT2D eigenvalue weighted by Gasteiger charge is -2.01. The van der Waals surface area contributed by atoms with Gasteiger partial charge < -0.3 is 0 Å². The third kappa shape index (κ3) is 3.34. The molecule has 0 bridgehead atoms. The van der Waals surface area contributed by atoms with E-state index in [1.165, 1.54) is 0 Å². The van der Waals surface area contributed by atoms with Crippen molar-refractivity contribution in [2.75, 3.05) is 0 Å². The van der Waals surface area contributed by atoms with Gasteiger partial charge in [-0.1, -0.05) is 29.8 Å². The molecule has 72 valence electrons. The summed E-state index contributed by atoms with van der Waals surface area (Å²) in [6, 6.07) is 7.28. The van der Waals surface area contributed by atoms with Crippen LogP contribution in [0.2, 0.25) is 0 Å². The van der Waals surface area contributed by atoms with Gasteiger partial charge in [0, 0.05) is 0 Å². The highest BCUT2D eigenvalue weighted by Crippen LogP contribution is 2.07. The van der Waals surface area contributed by atoms with Crippen LogP contribution in [0.5, 0.6) is 0 Å². The predicted octanol–water partition coefficient (Wildman–Crippen LogP) is 1.57. The van der Waals surface area contributed by atoms with Crippen molar-refractivity contribution >= 4 is 21.8 Å². The average Bonchev–Trinajstić information content (AvgIpc) is 2.03. The van der Waals surface area contributed by atoms with Crippen LogP contribution in [-0.2, 0) is 15.8 Å². The molecule has 0 aromatic heterocycles. The minimum Gasteiger partial charge on any atom is -0.211 e. The quantitative estimate of drug-likeness (QED) is 0.785. The van der Waals surface area contributed by atoms with Gasteiger partial charge in [0.15, 0.2) is 0 Å². The number of nitrogens with one attached hydrogen (secondary N) is 1. The van der Waals surface area contributed by atoms with Crippen LogP contribution in [0.4, 0.5) is 0 Å². The molecule has 0 saturated heterocycles. The van der Waals surface area contributed by atoms with Crippen LogP contribution in [0.15, 0.2) is 24.3 Å². The van der Waals surface area contributed by atoms with Crippen LogP contribution in [0.25, 0.3) is 0 Å². The molecule has 5 heteroatoms. The predicted molar refractivity (Wildman–Crippen MR) is 52.8 cm³/mol. The summed E-state index contributed by atoms with van der Waals surface area (Å²) in [4.78, 5) is 0. The summed E-state index contributed by atoms with van der Waals surface area (Å²) in [6.45, 7) is 1.91. The van der Waals surface area contributed by atoms with E-state index in [-0.39, 0.29) is 5.75 Å². The van der Waals surface area contributed by atoms with E-state index in [0.29, 0.717) is 0 Å². The second-order valence-electron chi connectivity index (χ2n) is 2.83. The molecule has 1 aromatic carbocycles. The molecule has 0 heterocycles. The first kappa shape index (κ1) is 10.5. The highest BCUT2D eigenvalue weighted by atomic mass is 35.5. The van der Waals surface area contributed by atoms with Gasteiger partial charge >= 0.3 is 0 Å². The fourth-order valence-electron chi connectivity index (χ4n) is 1.05. The van der Waals surface area contributed by atoms with Crippen molar-refractivity contribution in [1.82, 2.24) is 4.24 Å². The van der Waals surface area contributed by atoms with E-state index in [0.717, 1.165) is 11.1 Å². The summed E-state index contributed by atoms with van der Waals surface area (Å²) in [5, 5.41) is 0. The normalized spacial score (nSPS) is 11.5. The van der Waals surface area contributed by atoms with Crippen LogP contribution >= 0.6 is 11.8 Å². The molecule has 0 amide bonds. The second-order valence-corrected chi connectivity index (χ2v) is 4.96. The third-order valence-electron chi connectivity index (χ3n) is 1.56. The third-order valence-corrected chi connectivity index (χ3v) is 3.21. The molecule has 1 N–H and O–H groups in total. The Morgan fingerprint density at radius 1 is 1.46 bits per heavy atom. The summed E-state index contributed by atoms with van der Waals surface area (Å²) in [5.74, 6) is -0.0851. The SMILES string of the molecule is Cc1cccc(CS(=O)(=O)NCl)c1. The monoisotopic (exact) mass is 219 g/mol. The highest BCUT2D eigenvalue weighted by molar-refractivity contribution is 7.89. The van der Waals surface area contributed by atoms with Crippen molar-refractivity contribution in [1.29, 1.82) is 0 Å². The first-order chi connectivity index (χ1) is 6.03. The van der Waals surface area contributed by atoms with Crippen LogP contribution in [0.3, 0.4) is 0 Å². The molecular weight excluding hydrogens is 210 g/mol. The van der Waals surface area contributed by atoms with Gasteiger partial charge in [-0.25, -0.2) is 8.42 Å². The molecule has 0 aliphatic heterocycles. The summed E-state index contributed by atoms with van der Waals surface area (Å²) < 4.78 is 23.8. The average molecular weight is 220 g/mol. The lowest BCUT2D eigenvalue weighted by molar-refractivity contribution is 0.593. The fraction of sp³-hybridized carbons (Fsp3) is 0.250. The van der Waals surface area contributed by atoms with Gasteiger partial charge in [0.2, 0.25) is 10.0 Å². The van der Waals surface area contributed by atoms with E-state index in [1.54, 1.807) is 10.3 Å². The van der Waals surface area contributed by atoms with E-state index in [1.807, 2.05) is 25.1 Å². The van der Waals surface area contributed by atoms with Crippen LogP contribution < -0.4 is 4.24 Å². The lowest BCUT2D eigenvalue weighted by atomic mass is 10.2. The molecule has 0 radical (unpaired) electrons. The Labute approximate surface area is 82.9 Å². The number of rotatable bonds is 3. The molecule has 1 rings (SSSR count). The van der Waals surface area contributed by atoms with Gasteiger partial charge in [-0.15, -0.1) is 4.24 Å². The minimum atomic E-state index is -3.37. The Morgan fingerprint density at radius 3 is 2.69 bits per heavy atom. The number of sulfonamides is 1. The van der Waals surface area contributed by atoms with Crippen LogP contribution in [0.1, 0.15) is 11.1 Å². The standard InChI is InChI=1S/C8H10ClNO2S/c1-7-3-2-4-8(5-7)6-13(11,12)10-9/h2-5,10H,6H2,1H3. The number of hydrogen-bond donors (Lipinski definition) is 1. The zero-order valence-corrected chi connectivity index (χ0v) is 8.69. The van der Waals surface area contributed by atoms with Crippen molar-refractivity contribution in [2.45, 2.75) is 12.7 Å². The molecule has 0 saturated carbocycles. The topological polar surface area (TPSA) is 46.2 Å². The van der Waals surface area contributed by atoms with Gasteiger partial charge in [0.1, 0.15) is 0 Å². The summed E-state index contributed by atoms with van der Waals surface area (Å²) >= 11 is 5.04. The largest absolute Gasteiger partial charge is 0.229 e. The number of halogens is 1. The molecule has 1 aromatic rings. The Kier molecular flexibility index (Phi) is 3.30. The van der Waals surface area contributed by atoms with Crippen molar-refractivity contribution in [3.05, 3.63) is 35.4 Å². The van der Waals surface area contributed by atoms with Gasteiger partial charge in [-0.3, -0.25) is 0 Å². The number of aryl methyl sites for hydroxylation is 1. The van der Waals surface area contributed by atoms with E-state index >= 15 is 0 Å². The lowest BCUT2D eigenvalue weighted by Crippen LogP contribution is -2.15. The maximum Gasteiger partial charge on any atom is 0.229 e. The molecule has 0 atom stereocenters. The van der Waals surface area contributed by atoms with Crippen molar-refractivity contribution < 1.29 is 8.42 Å². The Morgan fingerprint density at radius 2 is 2.15 bits per heavy atom. The molecular formula is C8H10ClNO2S. The van der Waals surface area contributed by atoms with Gasteiger partial charge in [0.05, 0.1) is 5.75 Å². The highest BCUT2D eigenvalue weighted by Gasteiger charge is 2.08. The fourth-order valence-corrected chi connectivity index (χ4v) is 1.89.